The zero-order valence-corrected chi connectivity index (χ0v) is 9.59. The maximum Gasteiger partial charge on any atom is 0.306 e. The molecule has 0 aliphatic rings. The number of carboxylic acid groups (broad SMARTS) is 2. The molecule has 0 saturated carbocycles. The fourth-order valence-corrected chi connectivity index (χ4v) is 0.853. The van der Waals surface area contributed by atoms with E-state index in [1.54, 1.807) is 0 Å². The molecular formula is C10H14O8. The summed E-state index contributed by atoms with van der Waals surface area (Å²) in [5.74, 6) is -3.58. The van der Waals surface area contributed by atoms with Crippen molar-refractivity contribution in [2.24, 2.45) is 0 Å². The Labute approximate surface area is 102 Å². The van der Waals surface area contributed by atoms with Crippen LogP contribution >= 0.6 is 0 Å². The van der Waals surface area contributed by atoms with Crippen LogP contribution in [0.25, 0.3) is 0 Å². The van der Waals surface area contributed by atoms with Crippen LogP contribution in [0.2, 0.25) is 0 Å². The lowest BCUT2D eigenvalue weighted by molar-refractivity contribution is -0.153. The van der Waals surface area contributed by atoms with Crippen molar-refractivity contribution in [2.45, 2.75) is 25.7 Å². The highest BCUT2D eigenvalue weighted by Crippen LogP contribution is 1.97. The van der Waals surface area contributed by atoms with Gasteiger partial charge in [0.1, 0.15) is 13.2 Å². The van der Waals surface area contributed by atoms with Crippen LogP contribution in [0, 0.1) is 0 Å². The van der Waals surface area contributed by atoms with E-state index in [0.29, 0.717) is 0 Å². The first-order valence-corrected chi connectivity index (χ1v) is 5.16. The number of carbonyl (C=O) groups excluding carboxylic acids is 2. The van der Waals surface area contributed by atoms with Gasteiger partial charge in [-0.05, 0) is 0 Å². The zero-order chi connectivity index (χ0) is 14.0. The normalized spacial score (nSPS) is 9.56. The number of esters is 2. The molecule has 2 N–H and O–H groups in total. The fourth-order valence-electron chi connectivity index (χ4n) is 0.853. The average Bonchev–Trinajstić information content (AvgIpc) is 2.25. The molecule has 0 amide bonds. The van der Waals surface area contributed by atoms with Crippen LogP contribution in [0.1, 0.15) is 25.7 Å². The number of carbonyl (C=O) groups is 4. The summed E-state index contributed by atoms with van der Waals surface area (Å²) in [6.07, 6.45) is -1.05. The highest BCUT2D eigenvalue weighted by Gasteiger charge is 2.10. The van der Waals surface area contributed by atoms with Crippen LogP contribution in [-0.4, -0.2) is 47.3 Å². The minimum Gasteiger partial charge on any atom is -0.481 e. The maximum atomic E-state index is 11.0. The Morgan fingerprint density at radius 2 is 1.00 bits per heavy atom. The summed E-state index contributed by atoms with van der Waals surface area (Å²) < 4.78 is 9.05. The van der Waals surface area contributed by atoms with Crippen molar-refractivity contribution in [1.29, 1.82) is 0 Å². The second-order valence-corrected chi connectivity index (χ2v) is 3.23. The summed E-state index contributed by atoms with van der Waals surface area (Å²) in [6.45, 7) is -0.496. The molecule has 18 heavy (non-hydrogen) atoms. The molecule has 0 fully saturated rings. The van der Waals surface area contributed by atoms with E-state index in [2.05, 4.69) is 9.47 Å². The monoisotopic (exact) mass is 262 g/mol. The first-order valence-electron chi connectivity index (χ1n) is 5.16. The second kappa shape index (κ2) is 8.97. The van der Waals surface area contributed by atoms with E-state index in [-0.39, 0.29) is 38.9 Å². The molecular weight excluding hydrogens is 248 g/mol. The molecule has 102 valence electrons. The van der Waals surface area contributed by atoms with Crippen LogP contribution in [0.15, 0.2) is 0 Å². The summed E-state index contributed by atoms with van der Waals surface area (Å²) in [5.41, 5.74) is 0. The molecule has 0 bridgehead atoms. The predicted molar refractivity (Wildman–Crippen MR) is 55.7 cm³/mol. The Kier molecular flexibility index (Phi) is 7.91. The Morgan fingerprint density at radius 1 is 0.667 bits per heavy atom. The number of ether oxygens (including phenoxy) is 2. The smallest absolute Gasteiger partial charge is 0.306 e. The van der Waals surface area contributed by atoms with E-state index in [4.69, 9.17) is 10.2 Å². The number of aliphatic carboxylic acids is 2. The van der Waals surface area contributed by atoms with Crippen molar-refractivity contribution < 1.29 is 38.9 Å². The number of hydrogen-bond donors (Lipinski definition) is 2. The molecule has 8 nitrogen and oxygen atoms in total. The van der Waals surface area contributed by atoms with Crippen molar-refractivity contribution in [3.63, 3.8) is 0 Å². The lowest BCUT2D eigenvalue weighted by Gasteiger charge is -2.04. The topological polar surface area (TPSA) is 127 Å². The molecule has 8 heteroatoms. The quantitative estimate of drug-likeness (QED) is 0.547. The van der Waals surface area contributed by atoms with Crippen molar-refractivity contribution in [3.05, 3.63) is 0 Å². The summed E-state index contributed by atoms with van der Waals surface area (Å²) >= 11 is 0. The Morgan fingerprint density at radius 3 is 1.28 bits per heavy atom. The van der Waals surface area contributed by atoms with E-state index < -0.39 is 23.9 Å². The number of rotatable bonds is 9. The minimum atomic E-state index is -1.09. The second-order valence-electron chi connectivity index (χ2n) is 3.23. The summed E-state index contributed by atoms with van der Waals surface area (Å²) in [5, 5.41) is 16.5. The van der Waals surface area contributed by atoms with Gasteiger partial charge in [0.2, 0.25) is 0 Å². The number of hydrogen-bond acceptors (Lipinski definition) is 6. The SMILES string of the molecule is O=C(O)CCOC(=O)CCC(=O)OCCC(=O)O. The van der Waals surface area contributed by atoms with Crippen LogP contribution in [0.4, 0.5) is 0 Å². The highest BCUT2D eigenvalue weighted by atomic mass is 16.5. The van der Waals surface area contributed by atoms with Crippen molar-refractivity contribution in [3.8, 4) is 0 Å². The van der Waals surface area contributed by atoms with Crippen LogP contribution in [0.3, 0.4) is 0 Å². The van der Waals surface area contributed by atoms with E-state index in [9.17, 15) is 19.2 Å². The number of carboxylic acids is 2. The van der Waals surface area contributed by atoms with Gasteiger partial charge in [0.05, 0.1) is 25.7 Å². The van der Waals surface area contributed by atoms with Crippen molar-refractivity contribution >= 4 is 23.9 Å². The Bertz CT molecular complexity index is 290. The fraction of sp³-hybridized carbons (Fsp3) is 0.600. The van der Waals surface area contributed by atoms with E-state index >= 15 is 0 Å². The molecule has 0 spiro atoms. The minimum absolute atomic E-state index is 0.231. The van der Waals surface area contributed by atoms with Gasteiger partial charge in [0, 0.05) is 0 Å². The predicted octanol–water partition coefficient (Wildman–Crippen LogP) is -0.198. The molecule has 0 rings (SSSR count). The first-order chi connectivity index (χ1) is 8.41. The Hall–Kier alpha value is -2.12. The molecule has 0 aliphatic heterocycles. The van der Waals surface area contributed by atoms with E-state index in [0.717, 1.165) is 0 Å². The zero-order valence-electron chi connectivity index (χ0n) is 9.59. The third-order valence-electron chi connectivity index (χ3n) is 1.69. The Balaban J connectivity index is 3.56. The first kappa shape index (κ1) is 15.9. The molecule has 0 atom stereocenters. The summed E-state index contributed by atoms with van der Waals surface area (Å²) in [6, 6.07) is 0. The molecule has 0 saturated heterocycles. The standard InChI is InChI=1S/C10H14O8/c11-7(12)3-5-17-9(15)1-2-10(16)18-6-4-8(13)14/h1-6H2,(H,11,12)(H,13,14). The van der Waals surface area contributed by atoms with Crippen LogP contribution in [0.5, 0.6) is 0 Å². The summed E-state index contributed by atoms with van der Waals surface area (Å²) in [7, 11) is 0. The molecule has 0 heterocycles. The molecule has 0 aliphatic carbocycles. The van der Waals surface area contributed by atoms with Gasteiger partial charge in [-0.1, -0.05) is 0 Å². The van der Waals surface area contributed by atoms with Gasteiger partial charge < -0.3 is 19.7 Å². The lowest BCUT2D eigenvalue weighted by atomic mass is 10.3. The van der Waals surface area contributed by atoms with Gasteiger partial charge in [0.25, 0.3) is 0 Å². The van der Waals surface area contributed by atoms with Gasteiger partial charge >= 0.3 is 23.9 Å². The summed E-state index contributed by atoms with van der Waals surface area (Å²) in [4.78, 5) is 42.2. The lowest BCUT2D eigenvalue weighted by Crippen LogP contribution is -2.13. The highest BCUT2D eigenvalue weighted by molar-refractivity contribution is 5.78. The average molecular weight is 262 g/mol. The van der Waals surface area contributed by atoms with Gasteiger partial charge in [0.15, 0.2) is 0 Å². The van der Waals surface area contributed by atoms with E-state index in [1.165, 1.54) is 0 Å². The van der Waals surface area contributed by atoms with Gasteiger partial charge in [-0.3, -0.25) is 19.2 Å². The van der Waals surface area contributed by atoms with Crippen LogP contribution < -0.4 is 0 Å². The molecule has 0 aromatic carbocycles. The van der Waals surface area contributed by atoms with Gasteiger partial charge in [-0.15, -0.1) is 0 Å². The van der Waals surface area contributed by atoms with E-state index in [1.807, 2.05) is 0 Å². The van der Waals surface area contributed by atoms with Crippen molar-refractivity contribution in [2.75, 3.05) is 13.2 Å². The van der Waals surface area contributed by atoms with Crippen molar-refractivity contribution in [1.82, 2.24) is 0 Å². The van der Waals surface area contributed by atoms with Gasteiger partial charge in [-0.2, -0.15) is 0 Å². The molecule has 0 unspecified atom stereocenters. The third-order valence-corrected chi connectivity index (χ3v) is 1.69. The molecule has 0 radical (unpaired) electrons. The maximum absolute atomic E-state index is 11.0. The van der Waals surface area contributed by atoms with Crippen LogP contribution in [-0.2, 0) is 28.7 Å². The third kappa shape index (κ3) is 10.4. The molecule has 0 aromatic rings. The largest absolute Gasteiger partial charge is 0.481 e. The van der Waals surface area contributed by atoms with Gasteiger partial charge in [-0.25, -0.2) is 0 Å². The molecule has 0 aromatic heterocycles.